The number of ether oxygens (including phenoxy) is 1. The van der Waals surface area contributed by atoms with Gasteiger partial charge in [0.05, 0.1) is 0 Å². The topological polar surface area (TPSA) is 52.3 Å². The zero-order valence-electron chi connectivity index (χ0n) is 10.1. The number of hydrogen-bond donors (Lipinski definition) is 1. The summed E-state index contributed by atoms with van der Waals surface area (Å²) in [5.74, 6) is -0.837. The summed E-state index contributed by atoms with van der Waals surface area (Å²) < 4.78 is 40.1. The highest BCUT2D eigenvalue weighted by Gasteiger charge is 2.31. The SMILES string of the molecule is Nc1ccc(C(=O)c2cccc(OC(F)(F)F)c2)cc1. The van der Waals surface area contributed by atoms with Crippen LogP contribution in [0.5, 0.6) is 5.75 Å². The number of alkyl halides is 3. The van der Waals surface area contributed by atoms with E-state index in [1.54, 1.807) is 12.1 Å². The quantitative estimate of drug-likeness (QED) is 0.693. The highest BCUT2D eigenvalue weighted by molar-refractivity contribution is 6.09. The molecule has 2 N–H and O–H groups in total. The maximum Gasteiger partial charge on any atom is 0.573 e. The van der Waals surface area contributed by atoms with E-state index in [-0.39, 0.29) is 5.56 Å². The molecular formula is C14H10F3NO2. The second kappa shape index (κ2) is 5.24. The average Bonchev–Trinajstić information content (AvgIpc) is 2.37. The lowest BCUT2D eigenvalue weighted by Crippen LogP contribution is -2.17. The van der Waals surface area contributed by atoms with Crippen LogP contribution in [0.1, 0.15) is 15.9 Å². The van der Waals surface area contributed by atoms with Crippen LogP contribution in [0.15, 0.2) is 48.5 Å². The van der Waals surface area contributed by atoms with E-state index in [1.165, 1.54) is 24.3 Å². The predicted octanol–water partition coefficient (Wildman–Crippen LogP) is 3.40. The average molecular weight is 281 g/mol. The highest BCUT2D eigenvalue weighted by atomic mass is 19.4. The summed E-state index contributed by atoms with van der Waals surface area (Å²) in [5.41, 5.74) is 6.44. The van der Waals surface area contributed by atoms with E-state index in [1.807, 2.05) is 0 Å². The Kier molecular flexibility index (Phi) is 3.65. The van der Waals surface area contributed by atoms with Crippen molar-refractivity contribution in [3.05, 3.63) is 59.7 Å². The summed E-state index contributed by atoms with van der Waals surface area (Å²) in [6.45, 7) is 0. The van der Waals surface area contributed by atoms with E-state index in [9.17, 15) is 18.0 Å². The molecule has 104 valence electrons. The zero-order valence-corrected chi connectivity index (χ0v) is 10.1. The summed E-state index contributed by atoms with van der Waals surface area (Å²) in [7, 11) is 0. The summed E-state index contributed by atoms with van der Waals surface area (Å²) in [6.07, 6.45) is -4.79. The van der Waals surface area contributed by atoms with Gasteiger partial charge >= 0.3 is 6.36 Å². The second-order valence-electron chi connectivity index (χ2n) is 4.03. The molecule has 0 radical (unpaired) electrons. The zero-order chi connectivity index (χ0) is 14.8. The van der Waals surface area contributed by atoms with Crippen molar-refractivity contribution in [1.29, 1.82) is 0 Å². The first kappa shape index (κ1) is 13.9. The number of hydrogen-bond acceptors (Lipinski definition) is 3. The van der Waals surface area contributed by atoms with Gasteiger partial charge in [-0.15, -0.1) is 13.2 Å². The Morgan fingerprint density at radius 1 is 1.00 bits per heavy atom. The van der Waals surface area contributed by atoms with Crippen LogP contribution in [0.3, 0.4) is 0 Å². The minimum absolute atomic E-state index is 0.108. The molecule has 0 aliphatic rings. The van der Waals surface area contributed by atoms with Gasteiger partial charge in [-0.1, -0.05) is 12.1 Å². The van der Waals surface area contributed by atoms with Gasteiger partial charge in [-0.2, -0.15) is 0 Å². The molecule has 2 aromatic rings. The van der Waals surface area contributed by atoms with Crippen LogP contribution in [-0.4, -0.2) is 12.1 Å². The third kappa shape index (κ3) is 3.50. The minimum atomic E-state index is -4.79. The van der Waals surface area contributed by atoms with Crippen LogP contribution < -0.4 is 10.5 Å². The van der Waals surface area contributed by atoms with E-state index in [0.717, 1.165) is 12.1 Å². The largest absolute Gasteiger partial charge is 0.573 e. The van der Waals surface area contributed by atoms with Gasteiger partial charge in [0.15, 0.2) is 5.78 Å². The second-order valence-corrected chi connectivity index (χ2v) is 4.03. The fourth-order valence-corrected chi connectivity index (χ4v) is 1.64. The number of halogens is 3. The lowest BCUT2D eigenvalue weighted by molar-refractivity contribution is -0.274. The maximum absolute atomic E-state index is 12.1. The summed E-state index contributed by atoms with van der Waals surface area (Å²) >= 11 is 0. The molecule has 0 atom stereocenters. The molecule has 2 aromatic carbocycles. The van der Waals surface area contributed by atoms with Crippen molar-refractivity contribution in [3.63, 3.8) is 0 Å². The van der Waals surface area contributed by atoms with E-state index < -0.39 is 17.9 Å². The maximum atomic E-state index is 12.1. The smallest absolute Gasteiger partial charge is 0.406 e. The minimum Gasteiger partial charge on any atom is -0.406 e. The molecule has 0 bridgehead atoms. The molecule has 0 spiro atoms. The first-order chi connectivity index (χ1) is 9.35. The third-order valence-electron chi connectivity index (χ3n) is 2.50. The first-order valence-electron chi connectivity index (χ1n) is 5.61. The van der Waals surface area contributed by atoms with Gasteiger partial charge in [-0.05, 0) is 36.4 Å². The highest BCUT2D eigenvalue weighted by Crippen LogP contribution is 2.24. The van der Waals surface area contributed by atoms with Gasteiger partial charge in [-0.25, -0.2) is 0 Å². The molecular weight excluding hydrogens is 271 g/mol. The molecule has 6 heteroatoms. The molecule has 0 aromatic heterocycles. The van der Waals surface area contributed by atoms with Gasteiger partial charge in [0, 0.05) is 16.8 Å². The van der Waals surface area contributed by atoms with Crippen molar-refractivity contribution in [2.45, 2.75) is 6.36 Å². The Labute approximate surface area is 112 Å². The molecule has 0 amide bonds. The number of benzene rings is 2. The number of carbonyl (C=O) groups excluding carboxylic acids is 1. The normalized spacial score (nSPS) is 11.2. The Bertz CT molecular complexity index is 621. The van der Waals surface area contributed by atoms with Crippen LogP contribution in [0.25, 0.3) is 0 Å². The fourth-order valence-electron chi connectivity index (χ4n) is 1.64. The summed E-state index contributed by atoms with van der Waals surface area (Å²) in [5, 5.41) is 0. The Hall–Kier alpha value is -2.50. The van der Waals surface area contributed by atoms with Crippen LogP contribution >= 0.6 is 0 Å². The number of nitrogens with two attached hydrogens (primary N) is 1. The van der Waals surface area contributed by atoms with Crippen molar-refractivity contribution in [2.75, 3.05) is 5.73 Å². The lowest BCUT2D eigenvalue weighted by atomic mass is 10.0. The monoisotopic (exact) mass is 281 g/mol. The van der Waals surface area contributed by atoms with E-state index in [4.69, 9.17) is 5.73 Å². The first-order valence-corrected chi connectivity index (χ1v) is 5.61. The number of anilines is 1. The van der Waals surface area contributed by atoms with E-state index in [2.05, 4.69) is 4.74 Å². The van der Waals surface area contributed by atoms with E-state index >= 15 is 0 Å². The van der Waals surface area contributed by atoms with Crippen molar-refractivity contribution in [1.82, 2.24) is 0 Å². The number of nitrogen functional groups attached to an aromatic ring is 1. The van der Waals surface area contributed by atoms with Gasteiger partial charge < -0.3 is 10.5 Å². The Morgan fingerprint density at radius 3 is 2.25 bits per heavy atom. The van der Waals surface area contributed by atoms with Gasteiger partial charge in [0.2, 0.25) is 0 Å². The Morgan fingerprint density at radius 2 is 1.65 bits per heavy atom. The number of rotatable bonds is 3. The van der Waals surface area contributed by atoms with Crippen LogP contribution in [0.2, 0.25) is 0 Å². The molecule has 0 unspecified atom stereocenters. The molecule has 0 heterocycles. The molecule has 0 aliphatic carbocycles. The fraction of sp³-hybridized carbons (Fsp3) is 0.0714. The number of ketones is 1. The Balaban J connectivity index is 2.26. The third-order valence-corrected chi connectivity index (χ3v) is 2.50. The molecule has 0 aliphatic heterocycles. The van der Waals surface area contributed by atoms with Crippen molar-refractivity contribution < 1.29 is 22.7 Å². The number of carbonyl (C=O) groups is 1. The van der Waals surface area contributed by atoms with Gasteiger partial charge in [0.25, 0.3) is 0 Å². The van der Waals surface area contributed by atoms with Crippen LogP contribution in [0.4, 0.5) is 18.9 Å². The molecule has 0 saturated carbocycles. The van der Waals surface area contributed by atoms with Crippen molar-refractivity contribution in [2.24, 2.45) is 0 Å². The predicted molar refractivity (Wildman–Crippen MR) is 67.4 cm³/mol. The van der Waals surface area contributed by atoms with Crippen molar-refractivity contribution >= 4 is 11.5 Å². The van der Waals surface area contributed by atoms with Crippen LogP contribution in [-0.2, 0) is 0 Å². The van der Waals surface area contributed by atoms with Crippen LogP contribution in [0, 0.1) is 0 Å². The molecule has 0 saturated heterocycles. The summed E-state index contributed by atoms with van der Waals surface area (Å²) in [6, 6.07) is 11.0. The standard InChI is InChI=1S/C14H10F3NO2/c15-14(16,17)20-12-3-1-2-10(8-12)13(19)9-4-6-11(18)7-5-9/h1-8H,18H2. The lowest BCUT2D eigenvalue weighted by Gasteiger charge is -2.09. The molecule has 3 nitrogen and oxygen atoms in total. The molecule has 0 fully saturated rings. The summed E-state index contributed by atoms with van der Waals surface area (Å²) in [4.78, 5) is 12.1. The van der Waals surface area contributed by atoms with Gasteiger partial charge in [0.1, 0.15) is 5.75 Å². The molecule has 2 rings (SSSR count). The van der Waals surface area contributed by atoms with Crippen molar-refractivity contribution in [3.8, 4) is 5.75 Å². The molecule has 20 heavy (non-hydrogen) atoms. The van der Waals surface area contributed by atoms with E-state index in [0.29, 0.717) is 11.3 Å². The van der Waals surface area contributed by atoms with Gasteiger partial charge in [-0.3, -0.25) is 4.79 Å².